The first kappa shape index (κ1) is 13.3. The number of aliphatic hydroxyl groups is 2. The lowest BCUT2D eigenvalue weighted by Crippen LogP contribution is -2.20. The van der Waals surface area contributed by atoms with Gasteiger partial charge in [-0.15, -0.1) is 11.6 Å². The number of carboxylic acid groups (broad SMARTS) is 1. The number of aromatic carboxylic acids is 1. The van der Waals surface area contributed by atoms with Crippen molar-refractivity contribution in [1.29, 1.82) is 0 Å². The predicted octanol–water partition coefficient (Wildman–Crippen LogP) is 1.67. The maximum Gasteiger partial charge on any atom is 0.335 e. The lowest BCUT2D eigenvalue weighted by Gasteiger charge is -2.16. The summed E-state index contributed by atoms with van der Waals surface area (Å²) in [7, 11) is 0. The van der Waals surface area contributed by atoms with Crippen molar-refractivity contribution in [3.05, 3.63) is 34.3 Å². The summed E-state index contributed by atoms with van der Waals surface area (Å²) >= 11 is 11.1. The molecule has 6 heteroatoms. The van der Waals surface area contributed by atoms with Crippen LogP contribution in [0, 0.1) is 0 Å². The molecule has 0 aliphatic carbocycles. The van der Waals surface area contributed by atoms with Crippen LogP contribution in [-0.2, 0) is 0 Å². The van der Waals surface area contributed by atoms with Crippen LogP contribution in [0.5, 0.6) is 0 Å². The zero-order valence-electron chi connectivity index (χ0n) is 8.10. The monoisotopic (exact) mass is 264 g/mol. The molecule has 0 fully saturated rings. The molecule has 0 saturated heterocycles. The van der Waals surface area contributed by atoms with Crippen molar-refractivity contribution in [2.75, 3.05) is 5.88 Å². The number of rotatable bonds is 4. The molecule has 0 radical (unpaired) electrons. The molecule has 0 saturated carbocycles. The smallest absolute Gasteiger partial charge is 0.335 e. The number of benzene rings is 1. The maximum absolute atomic E-state index is 10.7. The molecule has 0 aliphatic heterocycles. The van der Waals surface area contributed by atoms with E-state index in [4.69, 9.17) is 28.3 Å². The summed E-state index contributed by atoms with van der Waals surface area (Å²) in [4.78, 5) is 10.7. The molecule has 16 heavy (non-hydrogen) atoms. The van der Waals surface area contributed by atoms with Crippen LogP contribution in [0.2, 0.25) is 5.02 Å². The number of hydrogen-bond donors (Lipinski definition) is 3. The molecular formula is C10H10Cl2O4. The van der Waals surface area contributed by atoms with Crippen LogP contribution in [-0.4, -0.2) is 33.3 Å². The first-order valence-electron chi connectivity index (χ1n) is 4.41. The van der Waals surface area contributed by atoms with E-state index < -0.39 is 18.2 Å². The van der Waals surface area contributed by atoms with E-state index in [-0.39, 0.29) is 22.0 Å². The number of carboxylic acids is 1. The minimum Gasteiger partial charge on any atom is -0.478 e. The van der Waals surface area contributed by atoms with Crippen LogP contribution in [0.1, 0.15) is 22.0 Å². The zero-order chi connectivity index (χ0) is 12.3. The molecule has 0 aromatic heterocycles. The standard InChI is InChI=1S/C10H10Cl2O4/c11-4-8(13)9(14)5-1-6(10(15)16)3-7(12)2-5/h1-3,8-9,13-14H,4H2,(H,15,16). The van der Waals surface area contributed by atoms with Gasteiger partial charge in [-0.05, 0) is 23.8 Å². The molecule has 4 nitrogen and oxygen atoms in total. The van der Waals surface area contributed by atoms with E-state index in [9.17, 15) is 15.0 Å². The molecule has 1 aromatic rings. The Balaban J connectivity index is 3.09. The maximum atomic E-state index is 10.7. The quantitative estimate of drug-likeness (QED) is 0.723. The van der Waals surface area contributed by atoms with Gasteiger partial charge >= 0.3 is 5.97 Å². The minimum atomic E-state index is -1.26. The zero-order valence-corrected chi connectivity index (χ0v) is 9.61. The molecule has 2 unspecified atom stereocenters. The van der Waals surface area contributed by atoms with Gasteiger partial charge in [-0.2, -0.15) is 0 Å². The molecule has 88 valence electrons. The summed E-state index contributed by atoms with van der Waals surface area (Å²) in [6, 6.07) is 3.89. The fraction of sp³-hybridized carbons (Fsp3) is 0.300. The van der Waals surface area contributed by atoms with Gasteiger partial charge in [0.1, 0.15) is 6.10 Å². The molecule has 1 rings (SSSR count). The predicted molar refractivity (Wildman–Crippen MR) is 60.1 cm³/mol. The van der Waals surface area contributed by atoms with E-state index in [1.54, 1.807) is 0 Å². The van der Waals surface area contributed by atoms with Crippen molar-refractivity contribution >= 4 is 29.2 Å². The summed E-state index contributed by atoms with van der Waals surface area (Å²) in [6.45, 7) is 0. The van der Waals surface area contributed by atoms with Gasteiger partial charge in [-0.3, -0.25) is 0 Å². The van der Waals surface area contributed by atoms with E-state index >= 15 is 0 Å². The second kappa shape index (κ2) is 5.50. The third kappa shape index (κ3) is 3.09. The highest BCUT2D eigenvalue weighted by molar-refractivity contribution is 6.31. The molecule has 0 aliphatic rings. The summed E-state index contributed by atoms with van der Waals surface area (Å²) in [6.07, 6.45) is -2.42. The Hall–Kier alpha value is -0.810. The number of aliphatic hydroxyl groups excluding tert-OH is 2. The van der Waals surface area contributed by atoms with Gasteiger partial charge in [0.15, 0.2) is 0 Å². The van der Waals surface area contributed by atoms with E-state index in [1.165, 1.54) is 18.2 Å². The number of hydrogen-bond acceptors (Lipinski definition) is 3. The van der Waals surface area contributed by atoms with Crippen molar-refractivity contribution in [3.8, 4) is 0 Å². The fourth-order valence-electron chi connectivity index (χ4n) is 1.21. The largest absolute Gasteiger partial charge is 0.478 e. The van der Waals surface area contributed by atoms with Crippen molar-refractivity contribution < 1.29 is 20.1 Å². The van der Waals surface area contributed by atoms with Gasteiger partial charge in [-0.25, -0.2) is 4.79 Å². The van der Waals surface area contributed by atoms with Crippen LogP contribution in [0.3, 0.4) is 0 Å². The molecule has 0 bridgehead atoms. The average Bonchev–Trinajstić information content (AvgIpc) is 2.26. The second-order valence-electron chi connectivity index (χ2n) is 3.24. The van der Waals surface area contributed by atoms with Crippen LogP contribution in [0.15, 0.2) is 18.2 Å². The molecule has 0 amide bonds. The molecule has 0 spiro atoms. The van der Waals surface area contributed by atoms with E-state index in [2.05, 4.69) is 0 Å². The van der Waals surface area contributed by atoms with Crippen molar-refractivity contribution in [3.63, 3.8) is 0 Å². The summed E-state index contributed by atoms with van der Waals surface area (Å²) in [5, 5.41) is 27.9. The average molecular weight is 265 g/mol. The molecule has 1 aromatic carbocycles. The van der Waals surface area contributed by atoms with Crippen LogP contribution >= 0.6 is 23.2 Å². The SMILES string of the molecule is O=C(O)c1cc(Cl)cc(C(O)C(O)CCl)c1. The Kier molecular flexibility index (Phi) is 4.56. The topological polar surface area (TPSA) is 77.8 Å². The Morgan fingerprint density at radius 3 is 2.44 bits per heavy atom. The number of carbonyl (C=O) groups is 1. The highest BCUT2D eigenvalue weighted by Crippen LogP contribution is 2.23. The minimum absolute atomic E-state index is 0.0525. The first-order chi connectivity index (χ1) is 7.45. The normalized spacial score (nSPS) is 14.5. The van der Waals surface area contributed by atoms with Gasteiger partial charge in [-0.1, -0.05) is 11.6 Å². The third-order valence-electron chi connectivity index (χ3n) is 2.03. The van der Waals surface area contributed by atoms with Gasteiger partial charge in [0.25, 0.3) is 0 Å². The summed E-state index contributed by atoms with van der Waals surface area (Å²) in [5.74, 6) is -1.31. The second-order valence-corrected chi connectivity index (χ2v) is 3.99. The lowest BCUT2D eigenvalue weighted by atomic mass is 10.0. The van der Waals surface area contributed by atoms with Gasteiger partial charge in [0.2, 0.25) is 0 Å². The van der Waals surface area contributed by atoms with Gasteiger partial charge in [0.05, 0.1) is 17.5 Å². The lowest BCUT2D eigenvalue weighted by molar-refractivity contribution is 0.0326. The van der Waals surface area contributed by atoms with Gasteiger partial charge < -0.3 is 15.3 Å². The van der Waals surface area contributed by atoms with Crippen molar-refractivity contribution in [1.82, 2.24) is 0 Å². The van der Waals surface area contributed by atoms with Crippen LogP contribution in [0.25, 0.3) is 0 Å². The Morgan fingerprint density at radius 2 is 1.94 bits per heavy atom. The van der Waals surface area contributed by atoms with E-state index in [1.807, 2.05) is 0 Å². The molecule has 2 atom stereocenters. The highest BCUT2D eigenvalue weighted by atomic mass is 35.5. The molecule has 3 N–H and O–H groups in total. The third-order valence-corrected chi connectivity index (χ3v) is 2.57. The van der Waals surface area contributed by atoms with Crippen molar-refractivity contribution in [2.24, 2.45) is 0 Å². The van der Waals surface area contributed by atoms with E-state index in [0.717, 1.165) is 0 Å². The van der Waals surface area contributed by atoms with Gasteiger partial charge in [0, 0.05) is 5.02 Å². The highest BCUT2D eigenvalue weighted by Gasteiger charge is 2.19. The van der Waals surface area contributed by atoms with E-state index in [0.29, 0.717) is 0 Å². The Labute approximate surface area is 102 Å². The summed E-state index contributed by atoms with van der Waals surface area (Å²) < 4.78 is 0. The first-order valence-corrected chi connectivity index (χ1v) is 5.33. The Morgan fingerprint density at radius 1 is 1.31 bits per heavy atom. The number of alkyl halides is 1. The molecule has 0 heterocycles. The molecular weight excluding hydrogens is 255 g/mol. The van der Waals surface area contributed by atoms with Crippen molar-refractivity contribution in [2.45, 2.75) is 12.2 Å². The van der Waals surface area contributed by atoms with Crippen LogP contribution < -0.4 is 0 Å². The Bertz CT molecular complexity index is 394. The van der Waals surface area contributed by atoms with Crippen LogP contribution in [0.4, 0.5) is 0 Å². The fourth-order valence-corrected chi connectivity index (χ4v) is 1.63. The number of halogens is 2. The summed E-state index contributed by atoms with van der Waals surface area (Å²) in [5.41, 5.74) is 0.168.